The van der Waals surface area contributed by atoms with Crippen molar-refractivity contribution in [2.45, 2.75) is 31.2 Å². The first-order chi connectivity index (χ1) is 7.53. The van der Waals surface area contributed by atoms with Crippen molar-refractivity contribution in [2.75, 3.05) is 0 Å². The Morgan fingerprint density at radius 3 is 2.12 bits per heavy atom. The maximum absolute atomic E-state index is 12.1. The van der Waals surface area contributed by atoms with Gasteiger partial charge in [-0.15, -0.1) is 0 Å². The Morgan fingerprint density at radius 1 is 1.18 bits per heavy atom. The Balaban J connectivity index is 3.30. The van der Waals surface area contributed by atoms with Crippen molar-refractivity contribution in [1.82, 2.24) is 4.72 Å². The van der Waals surface area contributed by atoms with Gasteiger partial charge in [0.15, 0.2) is 0 Å². The highest BCUT2D eigenvalue weighted by Gasteiger charge is 2.24. The zero-order chi connectivity index (χ0) is 13.4. The standard InChI is InChI=1S/C10H12BrCl2NO2S/c1-10(2,3)14-17(15,16)9-5-8(13)7(12)4-6(9)11/h4-5,14H,1-3H3. The van der Waals surface area contributed by atoms with Crippen LogP contribution in [0.2, 0.25) is 10.0 Å². The van der Waals surface area contributed by atoms with Crippen molar-refractivity contribution in [3.63, 3.8) is 0 Å². The summed E-state index contributed by atoms with van der Waals surface area (Å²) < 4.78 is 27.1. The molecule has 0 spiro atoms. The van der Waals surface area contributed by atoms with E-state index in [2.05, 4.69) is 20.7 Å². The predicted molar refractivity (Wildman–Crippen MR) is 74.2 cm³/mol. The van der Waals surface area contributed by atoms with Gasteiger partial charge in [0.25, 0.3) is 0 Å². The molecule has 1 N–H and O–H groups in total. The lowest BCUT2D eigenvalue weighted by atomic mass is 10.1. The van der Waals surface area contributed by atoms with Crippen LogP contribution in [0.3, 0.4) is 0 Å². The number of nitrogens with one attached hydrogen (secondary N) is 1. The Labute approximate surface area is 120 Å². The number of sulfonamides is 1. The van der Waals surface area contributed by atoms with Gasteiger partial charge < -0.3 is 0 Å². The lowest BCUT2D eigenvalue weighted by Gasteiger charge is -2.21. The van der Waals surface area contributed by atoms with E-state index in [1.165, 1.54) is 12.1 Å². The summed E-state index contributed by atoms with van der Waals surface area (Å²) >= 11 is 14.8. The van der Waals surface area contributed by atoms with Crippen LogP contribution in [-0.4, -0.2) is 14.0 Å². The molecule has 0 radical (unpaired) electrons. The normalized spacial score (nSPS) is 12.8. The van der Waals surface area contributed by atoms with Crippen LogP contribution in [0, 0.1) is 0 Å². The van der Waals surface area contributed by atoms with Gasteiger partial charge in [0.05, 0.1) is 14.9 Å². The van der Waals surface area contributed by atoms with Gasteiger partial charge in [-0.1, -0.05) is 23.2 Å². The lowest BCUT2D eigenvalue weighted by Crippen LogP contribution is -2.40. The summed E-state index contributed by atoms with van der Waals surface area (Å²) in [5.74, 6) is 0. The molecule has 0 amide bonds. The van der Waals surface area contributed by atoms with Gasteiger partial charge in [-0.25, -0.2) is 13.1 Å². The smallest absolute Gasteiger partial charge is 0.207 e. The minimum absolute atomic E-state index is 0.0711. The fourth-order valence-corrected chi connectivity index (χ4v) is 4.18. The molecule has 0 saturated heterocycles. The molecule has 0 aliphatic carbocycles. The number of halogens is 3. The first kappa shape index (κ1) is 15.2. The Hall–Kier alpha value is 0.190. The van der Waals surface area contributed by atoms with Crippen molar-refractivity contribution in [3.05, 3.63) is 26.7 Å². The van der Waals surface area contributed by atoms with Crippen molar-refractivity contribution in [1.29, 1.82) is 0 Å². The largest absolute Gasteiger partial charge is 0.242 e. The van der Waals surface area contributed by atoms with Crippen LogP contribution in [0.25, 0.3) is 0 Å². The molecule has 0 bridgehead atoms. The maximum Gasteiger partial charge on any atom is 0.242 e. The lowest BCUT2D eigenvalue weighted by molar-refractivity contribution is 0.491. The molecule has 0 fully saturated rings. The second-order valence-corrected chi connectivity index (χ2v) is 7.87. The number of hydrogen-bond acceptors (Lipinski definition) is 2. The summed E-state index contributed by atoms with van der Waals surface area (Å²) in [6.45, 7) is 5.28. The van der Waals surface area contributed by atoms with Gasteiger partial charge in [0.2, 0.25) is 10.0 Å². The fourth-order valence-electron chi connectivity index (χ4n) is 1.17. The highest BCUT2D eigenvalue weighted by Crippen LogP contribution is 2.32. The molecule has 0 aliphatic heterocycles. The molecule has 0 unspecified atom stereocenters. The fraction of sp³-hybridized carbons (Fsp3) is 0.400. The van der Waals surface area contributed by atoms with E-state index in [4.69, 9.17) is 23.2 Å². The highest BCUT2D eigenvalue weighted by atomic mass is 79.9. The van der Waals surface area contributed by atoms with E-state index in [0.29, 0.717) is 9.50 Å². The highest BCUT2D eigenvalue weighted by molar-refractivity contribution is 9.10. The van der Waals surface area contributed by atoms with Crippen LogP contribution in [0.5, 0.6) is 0 Å². The second kappa shape index (κ2) is 5.05. The minimum atomic E-state index is -3.63. The third-order valence-electron chi connectivity index (χ3n) is 1.70. The summed E-state index contributed by atoms with van der Waals surface area (Å²) in [4.78, 5) is 0.0711. The molecule has 1 aromatic rings. The average Bonchev–Trinajstić information content (AvgIpc) is 2.06. The molecule has 1 aromatic carbocycles. The number of rotatable bonds is 2. The van der Waals surface area contributed by atoms with E-state index < -0.39 is 15.6 Å². The zero-order valence-corrected chi connectivity index (χ0v) is 13.4. The third kappa shape index (κ3) is 4.10. The zero-order valence-electron chi connectivity index (χ0n) is 9.51. The van der Waals surface area contributed by atoms with Gasteiger partial charge in [-0.05, 0) is 48.8 Å². The van der Waals surface area contributed by atoms with Crippen LogP contribution in [0.4, 0.5) is 0 Å². The Morgan fingerprint density at radius 2 is 1.65 bits per heavy atom. The van der Waals surface area contributed by atoms with Gasteiger partial charge in [0.1, 0.15) is 0 Å². The first-order valence-corrected chi connectivity index (χ1v) is 7.75. The summed E-state index contributed by atoms with van der Waals surface area (Å²) in [5, 5.41) is 0.498. The van der Waals surface area contributed by atoms with Crippen molar-refractivity contribution >= 4 is 49.2 Å². The maximum atomic E-state index is 12.1. The van der Waals surface area contributed by atoms with E-state index in [1.807, 2.05) is 0 Å². The molecular weight excluding hydrogens is 349 g/mol. The van der Waals surface area contributed by atoms with Crippen LogP contribution < -0.4 is 4.72 Å². The average molecular weight is 361 g/mol. The number of hydrogen-bond donors (Lipinski definition) is 1. The van der Waals surface area contributed by atoms with Crippen molar-refractivity contribution in [3.8, 4) is 0 Å². The van der Waals surface area contributed by atoms with Gasteiger partial charge >= 0.3 is 0 Å². The molecule has 3 nitrogen and oxygen atoms in total. The van der Waals surface area contributed by atoms with Crippen LogP contribution >= 0.6 is 39.1 Å². The second-order valence-electron chi connectivity index (χ2n) is 4.55. The first-order valence-electron chi connectivity index (χ1n) is 4.71. The molecule has 7 heteroatoms. The third-order valence-corrected chi connectivity index (χ3v) is 5.14. The summed E-state index contributed by atoms with van der Waals surface area (Å²) in [7, 11) is -3.63. The summed E-state index contributed by atoms with van der Waals surface area (Å²) in [6, 6.07) is 2.78. The van der Waals surface area contributed by atoms with Gasteiger partial charge in [0, 0.05) is 10.0 Å². The molecule has 0 saturated carbocycles. The summed E-state index contributed by atoms with van der Waals surface area (Å²) in [5.41, 5.74) is -0.565. The monoisotopic (exact) mass is 359 g/mol. The Kier molecular flexibility index (Phi) is 4.53. The number of benzene rings is 1. The molecule has 1 rings (SSSR count). The van der Waals surface area contributed by atoms with Crippen LogP contribution in [-0.2, 0) is 10.0 Å². The molecule has 96 valence electrons. The van der Waals surface area contributed by atoms with E-state index in [9.17, 15) is 8.42 Å². The molecule has 0 aliphatic rings. The quantitative estimate of drug-likeness (QED) is 0.814. The topological polar surface area (TPSA) is 46.2 Å². The van der Waals surface area contributed by atoms with E-state index in [1.54, 1.807) is 20.8 Å². The Bertz CT molecular complexity index is 538. The van der Waals surface area contributed by atoms with E-state index in [-0.39, 0.29) is 9.92 Å². The van der Waals surface area contributed by atoms with Gasteiger partial charge in [-0.2, -0.15) is 0 Å². The summed E-state index contributed by atoms with van der Waals surface area (Å²) in [6.07, 6.45) is 0. The van der Waals surface area contributed by atoms with Crippen LogP contribution in [0.15, 0.2) is 21.5 Å². The minimum Gasteiger partial charge on any atom is -0.207 e. The molecule has 0 heterocycles. The molecule has 0 aromatic heterocycles. The van der Waals surface area contributed by atoms with Crippen LogP contribution in [0.1, 0.15) is 20.8 Å². The van der Waals surface area contributed by atoms with Crippen molar-refractivity contribution in [2.24, 2.45) is 0 Å². The SMILES string of the molecule is CC(C)(C)NS(=O)(=O)c1cc(Cl)c(Cl)cc1Br. The van der Waals surface area contributed by atoms with Gasteiger partial charge in [-0.3, -0.25) is 0 Å². The molecule has 17 heavy (non-hydrogen) atoms. The van der Waals surface area contributed by atoms with Crippen molar-refractivity contribution < 1.29 is 8.42 Å². The molecular formula is C10H12BrCl2NO2S. The van der Waals surface area contributed by atoms with E-state index >= 15 is 0 Å². The predicted octanol–water partition coefficient (Wildman–Crippen LogP) is 3.83. The van der Waals surface area contributed by atoms with E-state index in [0.717, 1.165) is 0 Å². The molecule has 0 atom stereocenters.